The van der Waals surface area contributed by atoms with Crippen molar-refractivity contribution in [2.45, 2.75) is 31.2 Å². The van der Waals surface area contributed by atoms with E-state index in [1.165, 1.54) is 25.1 Å². The molecule has 1 heterocycles. The van der Waals surface area contributed by atoms with Crippen molar-refractivity contribution in [3.8, 4) is 0 Å². The van der Waals surface area contributed by atoms with E-state index in [-0.39, 0.29) is 12.2 Å². The number of hydrogen-bond donors (Lipinski definition) is 0. The van der Waals surface area contributed by atoms with Crippen molar-refractivity contribution in [3.05, 3.63) is 35.6 Å². The predicted octanol–water partition coefficient (Wildman–Crippen LogP) is 3.46. The van der Waals surface area contributed by atoms with Crippen LogP contribution in [0.2, 0.25) is 0 Å². The molecular formula is C13H13F4NO. The van der Waals surface area contributed by atoms with E-state index in [2.05, 4.69) is 4.99 Å². The normalized spacial score (nSPS) is 31.5. The number of hydrogen-bond acceptors (Lipinski definition) is 2. The zero-order valence-electron chi connectivity index (χ0n) is 10.5. The molecule has 19 heavy (non-hydrogen) atoms. The Bertz CT molecular complexity index is 514. The fourth-order valence-electron chi connectivity index (χ4n) is 1.83. The van der Waals surface area contributed by atoms with Crippen LogP contribution in [-0.2, 0) is 10.3 Å². The van der Waals surface area contributed by atoms with E-state index in [9.17, 15) is 17.6 Å². The molecule has 0 spiro atoms. The van der Waals surface area contributed by atoms with Crippen LogP contribution < -0.4 is 0 Å². The molecule has 0 aliphatic carbocycles. The molecular weight excluding hydrogens is 262 g/mol. The van der Waals surface area contributed by atoms with Crippen molar-refractivity contribution in [2.75, 3.05) is 6.61 Å². The second-order valence-corrected chi connectivity index (χ2v) is 4.91. The number of alkyl halides is 3. The summed E-state index contributed by atoms with van der Waals surface area (Å²) in [5.74, 6) is -0.513. The van der Waals surface area contributed by atoms with E-state index in [4.69, 9.17) is 4.74 Å². The minimum atomic E-state index is -4.55. The van der Waals surface area contributed by atoms with Crippen molar-refractivity contribution in [2.24, 2.45) is 4.99 Å². The maximum absolute atomic E-state index is 13.7. The lowest BCUT2D eigenvalue weighted by atomic mass is 9.90. The Balaban J connectivity index is 2.37. The van der Waals surface area contributed by atoms with Gasteiger partial charge >= 0.3 is 6.18 Å². The molecule has 2 atom stereocenters. The van der Waals surface area contributed by atoms with Crippen LogP contribution in [0, 0.1) is 5.82 Å². The van der Waals surface area contributed by atoms with Gasteiger partial charge in [-0.1, -0.05) is 18.2 Å². The Kier molecular flexibility index (Phi) is 3.16. The highest BCUT2D eigenvalue weighted by molar-refractivity contribution is 5.71. The second kappa shape index (κ2) is 4.30. The Labute approximate surface area is 108 Å². The number of halogens is 4. The second-order valence-electron chi connectivity index (χ2n) is 4.91. The fraction of sp³-hybridized carbons (Fsp3) is 0.462. The average Bonchev–Trinajstić information content (AvgIpc) is 2.32. The van der Waals surface area contributed by atoms with E-state index >= 15 is 0 Å². The summed E-state index contributed by atoms with van der Waals surface area (Å²) in [5, 5.41) is 0. The first-order chi connectivity index (χ1) is 8.68. The van der Waals surface area contributed by atoms with Crippen LogP contribution in [0.25, 0.3) is 0 Å². The maximum atomic E-state index is 13.7. The van der Waals surface area contributed by atoms with Gasteiger partial charge in [0.25, 0.3) is 0 Å². The molecule has 2 rings (SSSR count). The molecule has 0 radical (unpaired) electrons. The molecule has 0 bridgehead atoms. The first kappa shape index (κ1) is 14.0. The zero-order valence-corrected chi connectivity index (χ0v) is 10.5. The standard InChI is InChI=1S/C13H13F4NO/c1-11(9-5-3-4-6-10(9)14)8-19-12(2,7-18-11)13(15,16)17/h3-7H,8H2,1-2H3/t11-,12+/m0/s1. The summed E-state index contributed by atoms with van der Waals surface area (Å²) in [7, 11) is 0. The van der Waals surface area contributed by atoms with Crippen molar-refractivity contribution in [1.29, 1.82) is 0 Å². The van der Waals surface area contributed by atoms with Gasteiger partial charge in [0, 0.05) is 11.8 Å². The summed E-state index contributed by atoms with van der Waals surface area (Å²) in [4.78, 5) is 3.90. The number of ether oxygens (including phenoxy) is 1. The lowest BCUT2D eigenvalue weighted by Gasteiger charge is -2.38. The van der Waals surface area contributed by atoms with Gasteiger partial charge in [-0.05, 0) is 19.9 Å². The van der Waals surface area contributed by atoms with E-state index in [1.807, 2.05) is 0 Å². The van der Waals surface area contributed by atoms with E-state index in [0.29, 0.717) is 6.21 Å². The highest BCUT2D eigenvalue weighted by Crippen LogP contribution is 2.39. The van der Waals surface area contributed by atoms with Crippen molar-refractivity contribution in [3.63, 3.8) is 0 Å². The van der Waals surface area contributed by atoms with Crippen LogP contribution in [0.15, 0.2) is 29.3 Å². The minimum absolute atomic E-state index is 0.218. The van der Waals surface area contributed by atoms with Crippen molar-refractivity contribution < 1.29 is 22.3 Å². The predicted molar refractivity (Wildman–Crippen MR) is 62.7 cm³/mol. The summed E-state index contributed by atoms with van der Waals surface area (Å²) in [6.45, 7) is 2.11. The Hall–Kier alpha value is -1.43. The van der Waals surface area contributed by atoms with Crippen LogP contribution in [-0.4, -0.2) is 24.6 Å². The van der Waals surface area contributed by atoms with Gasteiger partial charge in [-0.15, -0.1) is 0 Å². The number of rotatable bonds is 1. The molecule has 1 aliphatic rings. The summed E-state index contributed by atoms with van der Waals surface area (Å²) < 4.78 is 56.9. The van der Waals surface area contributed by atoms with Gasteiger partial charge in [-0.3, -0.25) is 4.99 Å². The quantitative estimate of drug-likeness (QED) is 0.719. The first-order valence-electron chi connectivity index (χ1n) is 5.70. The average molecular weight is 275 g/mol. The van der Waals surface area contributed by atoms with Crippen LogP contribution in [0.1, 0.15) is 19.4 Å². The highest BCUT2D eigenvalue weighted by atomic mass is 19.4. The summed E-state index contributed by atoms with van der Waals surface area (Å²) in [6, 6.07) is 5.85. The molecule has 0 N–H and O–H groups in total. The number of benzene rings is 1. The molecule has 0 amide bonds. The molecule has 0 saturated carbocycles. The lowest BCUT2D eigenvalue weighted by molar-refractivity contribution is -0.246. The minimum Gasteiger partial charge on any atom is -0.357 e. The van der Waals surface area contributed by atoms with Crippen molar-refractivity contribution >= 4 is 6.21 Å². The largest absolute Gasteiger partial charge is 0.422 e. The Morgan fingerprint density at radius 3 is 2.32 bits per heavy atom. The van der Waals surface area contributed by atoms with Gasteiger partial charge in [0.05, 0.1) is 6.61 Å². The zero-order chi connectivity index (χ0) is 14.3. The first-order valence-corrected chi connectivity index (χ1v) is 5.70. The van der Waals surface area contributed by atoms with Crippen LogP contribution in [0.3, 0.4) is 0 Å². The monoisotopic (exact) mass is 275 g/mol. The van der Waals surface area contributed by atoms with E-state index < -0.39 is 23.1 Å². The molecule has 0 fully saturated rings. The van der Waals surface area contributed by atoms with Gasteiger partial charge in [0.1, 0.15) is 11.4 Å². The maximum Gasteiger partial charge on any atom is 0.422 e. The lowest BCUT2D eigenvalue weighted by Crippen LogP contribution is -2.52. The van der Waals surface area contributed by atoms with E-state index in [0.717, 1.165) is 6.92 Å². The molecule has 0 unspecified atom stereocenters. The summed E-state index contributed by atoms with van der Waals surface area (Å²) in [6.07, 6.45) is -3.84. The number of nitrogens with zero attached hydrogens (tertiary/aromatic N) is 1. The highest BCUT2D eigenvalue weighted by Gasteiger charge is 2.54. The summed E-state index contributed by atoms with van der Waals surface area (Å²) in [5.41, 5.74) is -3.34. The number of aliphatic imine (C=N–C) groups is 1. The van der Waals surface area contributed by atoms with Gasteiger partial charge in [0.15, 0.2) is 5.60 Å². The molecule has 1 aliphatic heterocycles. The molecule has 1 aromatic rings. The topological polar surface area (TPSA) is 21.6 Å². The summed E-state index contributed by atoms with van der Waals surface area (Å²) >= 11 is 0. The SMILES string of the molecule is C[C@]1(C(F)(F)F)C=N[C@](C)(c2ccccc2F)CO1. The molecule has 0 aromatic heterocycles. The van der Waals surface area contributed by atoms with Gasteiger partial charge in [0.2, 0.25) is 0 Å². The molecule has 0 saturated heterocycles. The van der Waals surface area contributed by atoms with Gasteiger partial charge < -0.3 is 4.74 Å². The smallest absolute Gasteiger partial charge is 0.357 e. The third-order valence-electron chi connectivity index (χ3n) is 3.27. The molecule has 1 aromatic carbocycles. The molecule has 2 nitrogen and oxygen atoms in total. The van der Waals surface area contributed by atoms with Crippen LogP contribution in [0.5, 0.6) is 0 Å². The third-order valence-corrected chi connectivity index (χ3v) is 3.27. The van der Waals surface area contributed by atoms with E-state index in [1.54, 1.807) is 6.07 Å². The van der Waals surface area contributed by atoms with Crippen molar-refractivity contribution in [1.82, 2.24) is 0 Å². The Morgan fingerprint density at radius 1 is 1.21 bits per heavy atom. The third kappa shape index (κ3) is 2.36. The van der Waals surface area contributed by atoms with Gasteiger partial charge in [-0.2, -0.15) is 13.2 Å². The van der Waals surface area contributed by atoms with Crippen LogP contribution in [0.4, 0.5) is 17.6 Å². The Morgan fingerprint density at radius 2 is 1.84 bits per heavy atom. The van der Waals surface area contributed by atoms with Gasteiger partial charge in [-0.25, -0.2) is 4.39 Å². The van der Waals surface area contributed by atoms with Crippen LogP contribution >= 0.6 is 0 Å². The molecule has 104 valence electrons. The molecule has 6 heteroatoms. The fourth-order valence-corrected chi connectivity index (χ4v) is 1.83.